The molecule has 0 aliphatic carbocycles. The quantitative estimate of drug-likeness (QED) is 0.431. The van der Waals surface area contributed by atoms with Crippen LogP contribution in [0.4, 0.5) is 0 Å². The molecule has 0 heterocycles. The summed E-state index contributed by atoms with van der Waals surface area (Å²) in [6, 6.07) is 3.05. The van der Waals surface area contributed by atoms with Crippen molar-refractivity contribution < 1.29 is 23.9 Å². The molecule has 5 heteroatoms. The lowest BCUT2D eigenvalue weighted by molar-refractivity contribution is -0.129. The minimum Gasteiger partial charge on any atom is -0.493 e. The summed E-state index contributed by atoms with van der Waals surface area (Å²) in [5, 5.41) is 0. The van der Waals surface area contributed by atoms with Crippen LogP contribution in [0, 0.1) is 0 Å². The number of methoxy groups -OCH3 is 2. The van der Waals surface area contributed by atoms with Gasteiger partial charge >= 0.3 is 0 Å². The zero-order chi connectivity index (χ0) is 13.7. The van der Waals surface area contributed by atoms with E-state index in [1.54, 1.807) is 0 Å². The number of aldehydes is 1. The second kappa shape index (κ2) is 5.95. The van der Waals surface area contributed by atoms with Crippen LogP contribution in [0.25, 0.3) is 0 Å². The number of ether oxygens (including phenoxy) is 2. The Morgan fingerprint density at radius 2 is 1.72 bits per heavy atom. The molecule has 0 aromatic heterocycles. The number of hydrogen-bond donors (Lipinski definition) is 0. The summed E-state index contributed by atoms with van der Waals surface area (Å²) in [6.07, 6.45) is 0.111. The van der Waals surface area contributed by atoms with Gasteiger partial charge in [0.1, 0.15) is 0 Å². The number of carbonyl (C=O) groups excluding carboxylic acids is 3. The van der Waals surface area contributed by atoms with E-state index in [4.69, 9.17) is 9.47 Å². The highest BCUT2D eigenvalue weighted by molar-refractivity contribution is 6.25. The monoisotopic (exact) mass is 250 g/mol. The molecule has 0 radical (unpaired) electrons. The predicted octanol–water partition coefficient (Wildman–Crippen LogP) is 1.22. The van der Waals surface area contributed by atoms with Gasteiger partial charge in [-0.25, -0.2) is 0 Å². The molecule has 0 saturated heterocycles. The van der Waals surface area contributed by atoms with Crippen LogP contribution in [-0.4, -0.2) is 32.1 Å². The van der Waals surface area contributed by atoms with Crippen LogP contribution in [0.1, 0.15) is 22.8 Å². The minimum atomic E-state index is -0.593. The normalized spacial score (nSPS) is 9.72. The van der Waals surface area contributed by atoms with Crippen molar-refractivity contribution in [1.82, 2.24) is 0 Å². The molecule has 0 bridgehead atoms. The highest BCUT2D eigenvalue weighted by Gasteiger charge is 2.16. The molecule has 0 aliphatic rings. The van der Waals surface area contributed by atoms with Crippen LogP contribution in [0.2, 0.25) is 0 Å². The van der Waals surface area contributed by atoms with Crippen molar-refractivity contribution in [2.24, 2.45) is 0 Å². The average molecular weight is 250 g/mol. The number of carbonyl (C=O) groups is 3. The first kappa shape index (κ1) is 13.9. The molecule has 0 atom stereocenters. The van der Waals surface area contributed by atoms with Gasteiger partial charge in [0.15, 0.2) is 29.4 Å². The van der Waals surface area contributed by atoms with Gasteiger partial charge in [-0.1, -0.05) is 0 Å². The molecule has 18 heavy (non-hydrogen) atoms. The highest BCUT2D eigenvalue weighted by Crippen LogP contribution is 2.31. The Labute approximate surface area is 105 Å². The van der Waals surface area contributed by atoms with E-state index in [9.17, 15) is 14.4 Å². The highest BCUT2D eigenvalue weighted by atomic mass is 16.5. The summed E-state index contributed by atoms with van der Waals surface area (Å²) in [7, 11) is 2.91. The van der Waals surface area contributed by atoms with Gasteiger partial charge in [-0.2, -0.15) is 0 Å². The number of Topliss-reactive ketones (excluding diaryl/α,β-unsaturated/α-hetero) is 2. The number of benzene rings is 1. The van der Waals surface area contributed by atoms with Crippen molar-refractivity contribution in [3.05, 3.63) is 23.3 Å². The number of rotatable bonds is 6. The van der Waals surface area contributed by atoms with Crippen molar-refractivity contribution in [2.75, 3.05) is 14.2 Å². The Balaban J connectivity index is 3.32. The van der Waals surface area contributed by atoms with E-state index in [0.29, 0.717) is 22.6 Å². The van der Waals surface area contributed by atoms with Gasteiger partial charge in [-0.15, -0.1) is 0 Å². The smallest absolute Gasteiger partial charge is 0.199 e. The molecule has 0 amide bonds. The molecule has 0 spiro atoms. The minimum absolute atomic E-state index is 0.126. The van der Waals surface area contributed by atoms with Gasteiger partial charge in [0.2, 0.25) is 0 Å². The summed E-state index contributed by atoms with van der Waals surface area (Å²) in [5.74, 6) is 0.0237. The number of hydrogen-bond acceptors (Lipinski definition) is 5. The third-order valence-electron chi connectivity index (χ3n) is 2.48. The summed E-state index contributed by atoms with van der Waals surface area (Å²) in [6.45, 7) is 1.39. The molecule has 1 aromatic carbocycles. The van der Waals surface area contributed by atoms with Gasteiger partial charge in [0, 0.05) is 12.0 Å². The molecule has 5 nitrogen and oxygen atoms in total. The van der Waals surface area contributed by atoms with Gasteiger partial charge in [-0.3, -0.25) is 14.4 Å². The molecule has 0 N–H and O–H groups in total. The van der Waals surface area contributed by atoms with Crippen LogP contribution in [0.15, 0.2) is 12.1 Å². The Morgan fingerprint density at radius 1 is 1.17 bits per heavy atom. The average Bonchev–Trinajstić information content (AvgIpc) is 2.37. The largest absolute Gasteiger partial charge is 0.493 e. The van der Waals surface area contributed by atoms with Crippen LogP contribution in [-0.2, 0) is 16.0 Å². The van der Waals surface area contributed by atoms with Crippen molar-refractivity contribution in [3.63, 3.8) is 0 Å². The van der Waals surface area contributed by atoms with E-state index in [1.165, 1.54) is 33.3 Å². The lowest BCUT2D eigenvalue weighted by atomic mass is 9.99. The van der Waals surface area contributed by atoms with Crippen LogP contribution >= 0.6 is 0 Å². The molecule has 0 unspecified atom stereocenters. The van der Waals surface area contributed by atoms with E-state index in [1.807, 2.05) is 0 Å². The van der Waals surface area contributed by atoms with Gasteiger partial charge in [-0.05, 0) is 24.6 Å². The maximum absolute atomic E-state index is 11.5. The molecular weight excluding hydrogens is 236 g/mol. The zero-order valence-corrected chi connectivity index (χ0v) is 10.5. The first-order chi connectivity index (χ1) is 8.53. The fourth-order valence-electron chi connectivity index (χ4n) is 1.62. The first-order valence-corrected chi connectivity index (χ1v) is 5.27. The first-order valence-electron chi connectivity index (χ1n) is 5.27. The fourth-order valence-corrected chi connectivity index (χ4v) is 1.62. The van der Waals surface area contributed by atoms with Gasteiger partial charge in [0.25, 0.3) is 0 Å². The molecule has 0 fully saturated rings. The van der Waals surface area contributed by atoms with Gasteiger partial charge in [0.05, 0.1) is 14.2 Å². The third-order valence-corrected chi connectivity index (χ3v) is 2.48. The molecule has 0 saturated carbocycles. The maximum Gasteiger partial charge on any atom is 0.199 e. The second-order valence-corrected chi connectivity index (χ2v) is 3.68. The van der Waals surface area contributed by atoms with Crippen molar-refractivity contribution in [3.8, 4) is 11.5 Å². The van der Waals surface area contributed by atoms with E-state index < -0.39 is 5.78 Å². The Morgan fingerprint density at radius 3 is 2.17 bits per heavy atom. The molecular formula is C13H14O5. The summed E-state index contributed by atoms with van der Waals surface area (Å²) in [4.78, 5) is 33.0. The molecule has 0 aliphatic heterocycles. The standard InChI is InChI=1S/C13H14O5/c1-8(15)11-6-13(18-3)12(17-2)5-9(11)4-10(16)7-14/h5-7H,4H2,1-3H3. The number of ketones is 2. The second-order valence-electron chi connectivity index (χ2n) is 3.68. The Bertz CT molecular complexity index is 490. The fraction of sp³-hybridized carbons (Fsp3) is 0.308. The van der Waals surface area contributed by atoms with E-state index >= 15 is 0 Å². The zero-order valence-electron chi connectivity index (χ0n) is 10.5. The van der Waals surface area contributed by atoms with E-state index in [-0.39, 0.29) is 18.5 Å². The maximum atomic E-state index is 11.5. The van der Waals surface area contributed by atoms with Crippen molar-refractivity contribution >= 4 is 17.9 Å². The lowest BCUT2D eigenvalue weighted by Gasteiger charge is -2.12. The SMILES string of the molecule is COc1cc(CC(=O)C=O)c(C(C)=O)cc1OC. The molecule has 96 valence electrons. The van der Waals surface area contributed by atoms with Crippen LogP contribution < -0.4 is 9.47 Å². The predicted molar refractivity (Wildman–Crippen MR) is 64.3 cm³/mol. The topological polar surface area (TPSA) is 69.7 Å². The molecule has 1 rings (SSSR count). The van der Waals surface area contributed by atoms with E-state index in [0.717, 1.165) is 0 Å². The third kappa shape index (κ3) is 2.94. The van der Waals surface area contributed by atoms with Crippen LogP contribution in [0.3, 0.4) is 0 Å². The van der Waals surface area contributed by atoms with Crippen molar-refractivity contribution in [2.45, 2.75) is 13.3 Å². The summed E-state index contributed by atoms with van der Waals surface area (Å²) < 4.78 is 10.2. The Kier molecular flexibility index (Phi) is 4.59. The summed E-state index contributed by atoms with van der Waals surface area (Å²) in [5.41, 5.74) is 0.806. The van der Waals surface area contributed by atoms with Crippen LogP contribution in [0.5, 0.6) is 11.5 Å². The van der Waals surface area contributed by atoms with Gasteiger partial charge < -0.3 is 9.47 Å². The summed E-state index contributed by atoms with van der Waals surface area (Å²) >= 11 is 0. The Hall–Kier alpha value is -2.17. The lowest BCUT2D eigenvalue weighted by Crippen LogP contribution is -2.09. The van der Waals surface area contributed by atoms with E-state index in [2.05, 4.69) is 0 Å². The van der Waals surface area contributed by atoms with Crippen molar-refractivity contribution in [1.29, 1.82) is 0 Å². The molecule has 1 aromatic rings.